The van der Waals surface area contributed by atoms with Crippen molar-refractivity contribution in [1.29, 1.82) is 0 Å². The Bertz CT molecular complexity index is 3860. The lowest BCUT2D eigenvalue weighted by Crippen LogP contribution is -2.64. The van der Waals surface area contributed by atoms with Crippen LogP contribution in [0.15, 0.2) is 170 Å². The van der Waals surface area contributed by atoms with Crippen LogP contribution in [0.3, 0.4) is 0 Å². The zero-order valence-electron chi connectivity index (χ0n) is 48.4. The molecule has 4 nitrogen and oxygen atoms in total. The second kappa shape index (κ2) is 19.0. The molecular weight excluding hydrogens is 958 g/mol. The summed E-state index contributed by atoms with van der Waals surface area (Å²) in [7, 11) is 0. The molecule has 0 saturated heterocycles. The fourth-order valence-electron chi connectivity index (χ4n) is 12.9. The molecule has 0 N–H and O–H groups in total. The molecule has 6 heteroatoms. The van der Waals surface area contributed by atoms with Crippen molar-refractivity contribution in [3.63, 3.8) is 0 Å². The molecule has 0 aromatic heterocycles. The summed E-state index contributed by atoms with van der Waals surface area (Å²) >= 11 is 0. The predicted molar refractivity (Wildman–Crippen MR) is 338 cm³/mol. The minimum atomic E-state index is -0.196. The van der Waals surface area contributed by atoms with Gasteiger partial charge in [-0.1, -0.05) is 211 Å². The van der Waals surface area contributed by atoms with Gasteiger partial charge in [0.2, 0.25) is 0 Å². The lowest BCUT2D eigenvalue weighted by Gasteiger charge is -2.47. The zero-order chi connectivity index (χ0) is 54.9. The van der Waals surface area contributed by atoms with Crippen LogP contribution in [0.1, 0.15) is 153 Å². The third kappa shape index (κ3) is 8.34. The van der Waals surface area contributed by atoms with Gasteiger partial charge in [-0.2, -0.15) is 0 Å². The van der Waals surface area contributed by atoms with Crippen molar-refractivity contribution < 1.29 is 9.47 Å². The van der Waals surface area contributed by atoms with E-state index in [4.69, 9.17) is 9.47 Å². The van der Waals surface area contributed by atoms with E-state index in [1.54, 1.807) is 0 Å². The molecule has 0 unspecified atom stereocenters. The lowest BCUT2D eigenvalue weighted by molar-refractivity contribution is 0.477. The van der Waals surface area contributed by atoms with E-state index < -0.39 is 0 Å². The molecule has 4 aliphatic rings. The summed E-state index contributed by atoms with van der Waals surface area (Å²) in [6, 6.07) is 65.2. The Morgan fingerprint density at radius 3 is 1.03 bits per heavy atom. The lowest BCUT2D eigenvalue weighted by atomic mass is 9.31. The molecule has 79 heavy (non-hydrogen) atoms. The summed E-state index contributed by atoms with van der Waals surface area (Å²) in [6.07, 6.45) is 0. The topological polar surface area (TPSA) is 24.9 Å². The Labute approximate surface area is 470 Å². The highest BCUT2D eigenvalue weighted by molar-refractivity contribution is 7.02. The second-order valence-corrected chi connectivity index (χ2v) is 25.5. The molecule has 392 valence electrons. The average Bonchev–Trinajstić information content (AvgIpc) is 2.59. The van der Waals surface area contributed by atoms with Crippen LogP contribution in [0, 0.1) is 0 Å². The van der Waals surface area contributed by atoms with E-state index in [1.165, 1.54) is 66.6 Å². The summed E-state index contributed by atoms with van der Waals surface area (Å²) in [4.78, 5) is 5.04. The second-order valence-electron chi connectivity index (χ2n) is 25.5. The van der Waals surface area contributed by atoms with Crippen molar-refractivity contribution >= 4 is 80.3 Å². The molecule has 9 aromatic rings. The largest absolute Gasteiger partial charge is 0.456 e. The monoisotopic (exact) mass is 1030 g/mol. The molecule has 0 aliphatic carbocycles. The van der Waals surface area contributed by atoms with E-state index in [0.29, 0.717) is 29.6 Å². The van der Waals surface area contributed by atoms with Crippen molar-refractivity contribution in [2.24, 2.45) is 0 Å². The predicted octanol–water partition coefficient (Wildman–Crippen LogP) is 16.7. The maximum absolute atomic E-state index is 7.86. The normalized spacial score (nSPS) is 13.8. The van der Waals surface area contributed by atoms with Gasteiger partial charge in [0.05, 0.1) is 11.4 Å². The number of fused-ring (bicyclic) bond motifs is 10. The van der Waals surface area contributed by atoms with Gasteiger partial charge in [-0.05, 0) is 161 Å². The van der Waals surface area contributed by atoms with Crippen LogP contribution in [0.2, 0.25) is 0 Å². The molecule has 0 fully saturated rings. The third-order valence-electron chi connectivity index (χ3n) is 17.7. The number of benzene rings is 9. The van der Waals surface area contributed by atoms with Gasteiger partial charge < -0.3 is 19.3 Å². The van der Waals surface area contributed by atoms with Crippen LogP contribution in [0.5, 0.6) is 23.0 Å². The fourth-order valence-corrected chi connectivity index (χ4v) is 12.9. The fraction of sp³-hybridized carbons (Fsp3) is 0.260. The average molecular weight is 1030 g/mol. The first-order chi connectivity index (χ1) is 37.9. The SMILES string of the molecule is CC(C)c1ccc(-c2ccc3c(c2)B2c4cc(C(C)C)ccc4N(c4ccc(C(C)C)cc4)c4c5c6c(c(c42)O3)N(c2ccc(C(C)C)cc2)c2ccc(C(C)C)cc2B6c2cc(-c3ccc(C(C)(C)C)cc3)ccc2O5)cc1. The Morgan fingerprint density at radius 1 is 0.342 bits per heavy atom. The standard InChI is InChI=1S/C73H72B2N2O2/c1-42(2)47-14-16-50(17-15-47)54-26-36-65-61(40-54)74-59-38-52(45(7)8)24-34-63(59)76(57-30-20-48(21-31-57)43(3)4)69-67(74)71(78-65)70-68-72(69)79-66-37-27-55(51-18-28-56(29-19-51)73(11,12)13)41-62(66)75(68)60-39-53(46(9)10)25-35-64(60)77(70)58-32-22-49(23-33-58)44(5)6/h14-46H,1-13H3. The zero-order valence-corrected chi connectivity index (χ0v) is 48.4. The van der Waals surface area contributed by atoms with Crippen LogP contribution in [-0.4, -0.2) is 13.4 Å². The number of nitrogens with zero attached hydrogens (tertiary/aromatic N) is 2. The summed E-state index contributed by atoms with van der Waals surface area (Å²) in [5.41, 5.74) is 26.3. The van der Waals surface area contributed by atoms with Crippen molar-refractivity contribution in [3.8, 4) is 45.3 Å². The van der Waals surface area contributed by atoms with E-state index in [-0.39, 0.29) is 18.8 Å². The number of hydrogen-bond acceptors (Lipinski definition) is 4. The molecule has 0 spiro atoms. The van der Waals surface area contributed by atoms with E-state index in [9.17, 15) is 0 Å². The van der Waals surface area contributed by atoms with Gasteiger partial charge >= 0.3 is 0 Å². The first kappa shape index (κ1) is 50.8. The van der Waals surface area contributed by atoms with Crippen LogP contribution in [-0.2, 0) is 5.41 Å². The van der Waals surface area contributed by atoms with Crippen LogP contribution >= 0.6 is 0 Å². The molecular formula is C73H72B2N2O2. The highest BCUT2D eigenvalue weighted by Crippen LogP contribution is 2.54. The van der Waals surface area contributed by atoms with Gasteiger partial charge in [-0.25, -0.2) is 0 Å². The van der Waals surface area contributed by atoms with Crippen molar-refractivity contribution in [3.05, 3.63) is 203 Å². The molecule has 9 aromatic carbocycles. The molecule has 0 saturated carbocycles. The molecule has 0 amide bonds. The van der Waals surface area contributed by atoms with E-state index in [2.05, 4.69) is 270 Å². The minimum Gasteiger partial charge on any atom is -0.456 e. The van der Waals surface area contributed by atoms with Crippen molar-refractivity contribution in [2.75, 3.05) is 9.80 Å². The summed E-state index contributed by atoms with van der Waals surface area (Å²) < 4.78 is 15.7. The smallest absolute Gasteiger partial charge is 0.256 e. The molecule has 0 radical (unpaired) electrons. The number of ether oxygens (including phenoxy) is 2. The number of hydrogen-bond donors (Lipinski definition) is 0. The summed E-state index contributed by atoms with van der Waals surface area (Å²) in [5.74, 6) is 5.36. The van der Waals surface area contributed by atoms with Crippen LogP contribution < -0.4 is 52.1 Å². The molecule has 4 heterocycles. The van der Waals surface area contributed by atoms with Gasteiger partial charge in [0.1, 0.15) is 23.0 Å². The van der Waals surface area contributed by atoms with E-state index in [0.717, 1.165) is 79.0 Å². The molecule has 4 aliphatic heterocycles. The first-order valence-electron chi connectivity index (χ1n) is 29.1. The summed E-state index contributed by atoms with van der Waals surface area (Å²) in [5, 5.41) is 0. The Morgan fingerprint density at radius 2 is 0.671 bits per heavy atom. The quantitative estimate of drug-likeness (QED) is 0.135. The minimum absolute atomic E-state index is 0.0494. The first-order valence-corrected chi connectivity index (χ1v) is 29.1. The van der Waals surface area contributed by atoms with Gasteiger partial charge in [0, 0.05) is 33.7 Å². The maximum atomic E-state index is 7.86. The van der Waals surface area contributed by atoms with Gasteiger partial charge in [0.25, 0.3) is 13.4 Å². The van der Waals surface area contributed by atoms with Crippen LogP contribution in [0.4, 0.5) is 34.1 Å². The van der Waals surface area contributed by atoms with Gasteiger partial charge in [-0.3, -0.25) is 0 Å². The number of rotatable bonds is 9. The van der Waals surface area contributed by atoms with E-state index in [1.807, 2.05) is 0 Å². The molecule has 0 bridgehead atoms. The maximum Gasteiger partial charge on any atom is 0.256 e. The Hall–Kier alpha value is -7.69. The Balaban J connectivity index is 1.15. The van der Waals surface area contributed by atoms with Gasteiger partial charge in [-0.15, -0.1) is 0 Å². The van der Waals surface area contributed by atoms with Crippen LogP contribution in [0.25, 0.3) is 22.3 Å². The summed E-state index contributed by atoms with van der Waals surface area (Å²) in [6.45, 7) is 29.3. The molecule has 13 rings (SSSR count). The molecule has 0 atom stereocenters. The van der Waals surface area contributed by atoms with E-state index >= 15 is 0 Å². The number of anilines is 6. The highest BCUT2D eigenvalue weighted by atomic mass is 16.5. The highest BCUT2D eigenvalue weighted by Gasteiger charge is 2.52. The van der Waals surface area contributed by atoms with Crippen molar-refractivity contribution in [1.82, 2.24) is 0 Å². The van der Waals surface area contributed by atoms with Gasteiger partial charge in [0.15, 0.2) is 0 Å². The van der Waals surface area contributed by atoms with Crippen molar-refractivity contribution in [2.45, 2.75) is 125 Å². The Kier molecular flexibility index (Phi) is 12.2. The third-order valence-corrected chi connectivity index (χ3v) is 17.7.